The summed E-state index contributed by atoms with van der Waals surface area (Å²) in [6, 6.07) is 12.3. The van der Waals surface area contributed by atoms with Gasteiger partial charge in [-0.05, 0) is 42.8 Å². The van der Waals surface area contributed by atoms with E-state index in [9.17, 15) is 13.2 Å². The van der Waals surface area contributed by atoms with E-state index >= 15 is 0 Å². The van der Waals surface area contributed by atoms with Gasteiger partial charge in [0.2, 0.25) is 5.95 Å². The molecule has 0 saturated heterocycles. The van der Waals surface area contributed by atoms with Crippen LogP contribution in [0.1, 0.15) is 12.5 Å². The Labute approximate surface area is 204 Å². The van der Waals surface area contributed by atoms with Gasteiger partial charge in [-0.1, -0.05) is 51.3 Å². The molecule has 0 spiro atoms. The molecule has 11 heteroatoms. The number of hydrogen-bond donors (Lipinski definition) is 0. The molecule has 1 aliphatic rings. The highest BCUT2D eigenvalue weighted by atomic mass is 79.9. The molecule has 32 heavy (non-hydrogen) atoms. The number of benzene rings is 2. The highest BCUT2D eigenvalue weighted by Gasteiger charge is 2.52. The summed E-state index contributed by atoms with van der Waals surface area (Å²) >= 11 is 15.8. The maximum Gasteiger partial charge on any atom is 0.260 e. The zero-order chi connectivity index (χ0) is 23.4. The van der Waals surface area contributed by atoms with Crippen LogP contribution < -0.4 is 4.90 Å². The Kier molecular flexibility index (Phi) is 5.92. The zero-order valence-corrected chi connectivity index (χ0v) is 21.3. The number of rotatable bonds is 5. The van der Waals surface area contributed by atoms with Gasteiger partial charge in [0, 0.05) is 35.0 Å². The van der Waals surface area contributed by atoms with Crippen LogP contribution in [0.15, 0.2) is 58.2 Å². The summed E-state index contributed by atoms with van der Waals surface area (Å²) in [4.78, 5) is 19.5. The van der Waals surface area contributed by atoms with Crippen molar-refractivity contribution in [1.82, 2.24) is 13.9 Å². The molecule has 2 heterocycles. The molecule has 1 amide bonds. The highest BCUT2D eigenvalue weighted by molar-refractivity contribution is 9.10. The van der Waals surface area contributed by atoms with Gasteiger partial charge in [0.1, 0.15) is 5.54 Å². The molecule has 1 aromatic heterocycles. The lowest BCUT2D eigenvalue weighted by atomic mass is 9.92. The van der Waals surface area contributed by atoms with E-state index in [1.165, 1.54) is 29.8 Å². The molecule has 7 nitrogen and oxygen atoms in total. The lowest BCUT2D eigenvalue weighted by Gasteiger charge is -2.27. The topological polar surface area (TPSA) is 75.5 Å². The molecule has 1 atom stereocenters. The van der Waals surface area contributed by atoms with Crippen molar-refractivity contribution in [2.45, 2.75) is 23.9 Å². The molecule has 3 aromatic rings. The van der Waals surface area contributed by atoms with E-state index in [0.29, 0.717) is 15.7 Å². The van der Waals surface area contributed by atoms with E-state index in [2.05, 4.69) is 20.9 Å². The molecular formula is C21H19BrCl2N4O3S. The van der Waals surface area contributed by atoms with Gasteiger partial charge in [-0.2, -0.15) is 0 Å². The van der Waals surface area contributed by atoms with Gasteiger partial charge < -0.3 is 0 Å². The normalized spacial score (nSPS) is 18.5. The Morgan fingerprint density at radius 1 is 1.09 bits per heavy atom. The fourth-order valence-electron chi connectivity index (χ4n) is 3.80. The fraction of sp³-hybridized carbons (Fsp3) is 0.238. The number of sulfonamides is 1. The van der Waals surface area contributed by atoms with Crippen LogP contribution >= 0.6 is 39.1 Å². The summed E-state index contributed by atoms with van der Waals surface area (Å²) in [5.41, 5.74) is 0.0166. The summed E-state index contributed by atoms with van der Waals surface area (Å²) in [6.45, 7) is 1.71. The molecule has 0 fully saturated rings. The fourth-order valence-corrected chi connectivity index (χ4v) is 5.65. The van der Waals surface area contributed by atoms with Gasteiger partial charge in [0.15, 0.2) is 5.03 Å². The van der Waals surface area contributed by atoms with Gasteiger partial charge in [-0.25, -0.2) is 22.6 Å². The number of carbonyl (C=O) groups excluding carboxylic acids is 1. The molecular weight excluding hydrogens is 539 g/mol. The van der Waals surface area contributed by atoms with Crippen molar-refractivity contribution < 1.29 is 13.2 Å². The van der Waals surface area contributed by atoms with Crippen LogP contribution in [-0.4, -0.2) is 42.3 Å². The first kappa shape index (κ1) is 23.3. The van der Waals surface area contributed by atoms with E-state index in [4.69, 9.17) is 23.2 Å². The Bertz CT molecular complexity index is 1310. The van der Waals surface area contributed by atoms with Crippen molar-refractivity contribution in [3.05, 3.63) is 68.7 Å². The number of amides is 1. The van der Waals surface area contributed by atoms with Crippen LogP contribution in [0.5, 0.6) is 0 Å². The standard InChI is InChI=1S/C21H19BrCl2N4O3S/c1-21(11-13-4-6-14(22)7-5-13)19(29)27(17-9-15(23)8-16(24)10-17)20-25-12-18(28(20)21)32(30,31)26(2)3/h4-10,12H,11H2,1-3H3. The van der Waals surface area contributed by atoms with Crippen LogP contribution in [-0.2, 0) is 26.8 Å². The quantitative estimate of drug-likeness (QED) is 0.450. The summed E-state index contributed by atoms with van der Waals surface area (Å²) in [5, 5.41) is 0.628. The predicted octanol–water partition coefficient (Wildman–Crippen LogP) is 4.84. The monoisotopic (exact) mass is 556 g/mol. The third-order valence-corrected chi connectivity index (χ3v) is 8.12. The minimum Gasteiger partial charge on any atom is -0.284 e. The van der Waals surface area contributed by atoms with E-state index in [1.807, 2.05) is 24.3 Å². The number of aromatic nitrogens is 2. The number of halogens is 3. The molecule has 168 valence electrons. The lowest BCUT2D eigenvalue weighted by Crippen LogP contribution is -2.42. The Hall–Kier alpha value is -1.91. The van der Waals surface area contributed by atoms with Gasteiger partial charge in [-0.3, -0.25) is 9.36 Å². The van der Waals surface area contributed by atoms with E-state index in [1.54, 1.807) is 25.1 Å². The summed E-state index contributed by atoms with van der Waals surface area (Å²) in [6.07, 6.45) is 1.53. The predicted molar refractivity (Wildman–Crippen MR) is 128 cm³/mol. The molecule has 0 aliphatic carbocycles. The van der Waals surface area contributed by atoms with E-state index in [0.717, 1.165) is 14.3 Å². The lowest BCUT2D eigenvalue weighted by molar-refractivity contribution is -0.124. The Morgan fingerprint density at radius 2 is 1.69 bits per heavy atom. The first-order chi connectivity index (χ1) is 14.9. The number of hydrogen-bond acceptors (Lipinski definition) is 4. The third-order valence-electron chi connectivity index (χ3n) is 5.38. The van der Waals surface area contributed by atoms with Crippen molar-refractivity contribution in [3.63, 3.8) is 0 Å². The Balaban J connectivity index is 1.95. The average molecular weight is 558 g/mol. The van der Waals surface area contributed by atoms with Gasteiger partial charge in [0.05, 0.1) is 11.9 Å². The maximum atomic E-state index is 13.8. The summed E-state index contributed by atoms with van der Waals surface area (Å²) in [5.74, 6) is -0.148. The zero-order valence-electron chi connectivity index (χ0n) is 17.4. The molecule has 1 unspecified atom stereocenters. The minimum atomic E-state index is -3.88. The van der Waals surface area contributed by atoms with Crippen LogP contribution in [0.4, 0.5) is 11.6 Å². The highest BCUT2D eigenvalue weighted by Crippen LogP contribution is 2.44. The second-order valence-corrected chi connectivity index (χ2v) is 11.8. The van der Waals surface area contributed by atoms with Crippen molar-refractivity contribution in [2.24, 2.45) is 0 Å². The average Bonchev–Trinajstić information content (AvgIpc) is 3.22. The first-order valence-corrected chi connectivity index (χ1v) is 12.5. The second-order valence-electron chi connectivity index (χ2n) is 7.86. The molecule has 0 N–H and O–H groups in total. The largest absolute Gasteiger partial charge is 0.284 e. The van der Waals surface area contributed by atoms with Crippen molar-refractivity contribution in [3.8, 4) is 0 Å². The maximum absolute atomic E-state index is 13.8. The van der Waals surface area contributed by atoms with Gasteiger partial charge in [-0.15, -0.1) is 0 Å². The second kappa shape index (κ2) is 8.14. The Morgan fingerprint density at radius 3 is 2.25 bits per heavy atom. The molecule has 4 rings (SSSR count). The molecule has 0 saturated carbocycles. The number of nitrogens with zero attached hydrogens (tertiary/aromatic N) is 4. The van der Waals surface area contributed by atoms with Crippen LogP contribution in [0.2, 0.25) is 10.0 Å². The van der Waals surface area contributed by atoms with Crippen molar-refractivity contribution in [1.29, 1.82) is 0 Å². The van der Waals surface area contributed by atoms with Crippen molar-refractivity contribution in [2.75, 3.05) is 19.0 Å². The number of imidazole rings is 1. The molecule has 2 aromatic carbocycles. The number of fused-ring (bicyclic) bond motifs is 1. The third kappa shape index (κ3) is 3.76. The summed E-state index contributed by atoms with van der Waals surface area (Å²) in [7, 11) is -1.00. The SMILES string of the molecule is CN(C)S(=O)(=O)c1cnc2n1C(C)(Cc1ccc(Br)cc1)C(=O)N2c1cc(Cl)cc(Cl)c1. The van der Waals surface area contributed by atoms with Crippen molar-refractivity contribution >= 4 is 66.7 Å². The van der Waals surface area contributed by atoms with Crippen LogP contribution in [0.3, 0.4) is 0 Å². The minimum absolute atomic E-state index is 0.0684. The molecule has 0 bridgehead atoms. The number of anilines is 2. The first-order valence-electron chi connectivity index (χ1n) is 9.51. The van der Waals surface area contributed by atoms with E-state index in [-0.39, 0.29) is 23.3 Å². The smallest absolute Gasteiger partial charge is 0.260 e. The molecule has 0 radical (unpaired) electrons. The van der Waals surface area contributed by atoms with E-state index < -0.39 is 15.6 Å². The van der Waals surface area contributed by atoms with Crippen LogP contribution in [0, 0.1) is 0 Å². The van der Waals surface area contributed by atoms with Crippen LogP contribution in [0.25, 0.3) is 0 Å². The van der Waals surface area contributed by atoms with Gasteiger partial charge >= 0.3 is 0 Å². The number of carbonyl (C=O) groups is 1. The molecule has 1 aliphatic heterocycles. The van der Waals surface area contributed by atoms with Gasteiger partial charge in [0.25, 0.3) is 15.9 Å². The summed E-state index contributed by atoms with van der Waals surface area (Å²) < 4.78 is 29.7.